The predicted molar refractivity (Wildman–Crippen MR) is 97.3 cm³/mol. The molecule has 0 aliphatic rings. The lowest BCUT2D eigenvalue weighted by Crippen LogP contribution is -2.43. The van der Waals surface area contributed by atoms with Gasteiger partial charge in [-0.05, 0) is 17.2 Å². The van der Waals surface area contributed by atoms with Crippen molar-refractivity contribution in [1.29, 1.82) is 0 Å². The fourth-order valence-electron chi connectivity index (χ4n) is 2.61. The van der Waals surface area contributed by atoms with Gasteiger partial charge in [0, 0.05) is 18.9 Å². The molecule has 0 saturated carbocycles. The fourth-order valence-corrected chi connectivity index (χ4v) is 2.61. The molecule has 152 valence electrons. The molecule has 2 aromatic rings. The molecule has 28 heavy (non-hydrogen) atoms. The number of nitrogens with zero attached hydrogens (tertiary/aromatic N) is 1. The zero-order valence-corrected chi connectivity index (χ0v) is 15.2. The number of carbonyl (C=O) groups excluding carboxylic acids is 1. The largest absolute Gasteiger partial charge is 0.386 e. The molecule has 6 nitrogen and oxygen atoms in total. The second-order valence-electron chi connectivity index (χ2n) is 6.17. The van der Waals surface area contributed by atoms with Gasteiger partial charge in [-0.15, -0.1) is 0 Å². The molecular weight excluding hydrogens is 375 g/mol. The van der Waals surface area contributed by atoms with Gasteiger partial charge >= 0.3 is 6.43 Å². The standard InChI is InChI=1S/C19H22F3N3O3/c1-28-10-14(23)15-7-6-13(9-24-15)11-2-4-12(5-3-11)17(26)16(8-20)25-19(27)18(21)22/h2-7,9,14,16-18,26H,8,10,23H2,1H3,(H,25,27)/t14?,16-,17-/m1/s1. The van der Waals surface area contributed by atoms with Crippen LogP contribution < -0.4 is 11.1 Å². The first kappa shape index (κ1) is 21.8. The average Bonchev–Trinajstić information content (AvgIpc) is 2.71. The van der Waals surface area contributed by atoms with Crippen LogP contribution >= 0.6 is 0 Å². The summed E-state index contributed by atoms with van der Waals surface area (Å²) in [4.78, 5) is 15.3. The quantitative estimate of drug-likeness (QED) is 0.602. The molecule has 1 heterocycles. The summed E-state index contributed by atoms with van der Waals surface area (Å²) in [5.41, 5.74) is 8.46. The summed E-state index contributed by atoms with van der Waals surface area (Å²) in [6.45, 7) is -0.842. The van der Waals surface area contributed by atoms with E-state index in [1.807, 2.05) is 6.07 Å². The molecule has 0 aliphatic carbocycles. The zero-order chi connectivity index (χ0) is 20.7. The molecule has 4 N–H and O–H groups in total. The number of nitrogens with one attached hydrogen (secondary N) is 1. The Labute approximate surface area is 160 Å². The van der Waals surface area contributed by atoms with Gasteiger partial charge in [0.1, 0.15) is 12.8 Å². The van der Waals surface area contributed by atoms with Crippen LogP contribution in [0.5, 0.6) is 0 Å². The van der Waals surface area contributed by atoms with Crippen LogP contribution in [0, 0.1) is 0 Å². The van der Waals surface area contributed by atoms with Gasteiger partial charge < -0.3 is 20.9 Å². The summed E-state index contributed by atoms with van der Waals surface area (Å²) in [7, 11) is 1.55. The van der Waals surface area contributed by atoms with E-state index in [9.17, 15) is 23.1 Å². The highest BCUT2D eigenvalue weighted by atomic mass is 19.3. The normalized spacial score (nSPS) is 14.5. The van der Waals surface area contributed by atoms with Crippen molar-refractivity contribution in [3.63, 3.8) is 0 Å². The number of benzene rings is 1. The van der Waals surface area contributed by atoms with Gasteiger partial charge in [0.2, 0.25) is 0 Å². The van der Waals surface area contributed by atoms with Gasteiger partial charge in [-0.1, -0.05) is 30.3 Å². The van der Waals surface area contributed by atoms with E-state index in [2.05, 4.69) is 4.98 Å². The molecule has 0 radical (unpaired) electrons. The van der Waals surface area contributed by atoms with Crippen molar-refractivity contribution in [2.45, 2.75) is 24.6 Å². The zero-order valence-electron chi connectivity index (χ0n) is 15.2. The number of hydrogen-bond acceptors (Lipinski definition) is 5. The third kappa shape index (κ3) is 5.51. The number of nitrogens with two attached hydrogens (primary N) is 1. The Morgan fingerprint density at radius 1 is 1.21 bits per heavy atom. The molecule has 0 aliphatic heterocycles. The minimum atomic E-state index is -3.28. The van der Waals surface area contributed by atoms with Crippen LogP contribution in [0.15, 0.2) is 42.6 Å². The second-order valence-corrected chi connectivity index (χ2v) is 6.17. The minimum Gasteiger partial charge on any atom is -0.386 e. The van der Waals surface area contributed by atoms with E-state index in [0.717, 1.165) is 11.1 Å². The number of halogens is 3. The number of alkyl halides is 3. The number of hydrogen-bond donors (Lipinski definition) is 3. The topological polar surface area (TPSA) is 97.5 Å². The minimum absolute atomic E-state index is 0.285. The van der Waals surface area contributed by atoms with Crippen molar-refractivity contribution in [1.82, 2.24) is 10.3 Å². The van der Waals surface area contributed by atoms with Gasteiger partial charge in [0.25, 0.3) is 5.91 Å². The summed E-state index contributed by atoms with van der Waals surface area (Å²) in [5, 5.41) is 12.0. The number of carbonyl (C=O) groups is 1. The fraction of sp³-hybridized carbons (Fsp3) is 0.368. The van der Waals surface area contributed by atoms with Crippen molar-refractivity contribution in [3.8, 4) is 11.1 Å². The molecule has 2 rings (SSSR count). The van der Waals surface area contributed by atoms with Crippen LogP contribution in [0.3, 0.4) is 0 Å². The Hall–Kier alpha value is -2.49. The summed E-state index contributed by atoms with van der Waals surface area (Å²) in [5.74, 6) is -1.63. The van der Waals surface area contributed by atoms with Crippen LogP contribution in [-0.2, 0) is 9.53 Å². The molecule has 9 heteroatoms. The summed E-state index contributed by atoms with van der Waals surface area (Å²) >= 11 is 0. The second kappa shape index (κ2) is 10.2. The Morgan fingerprint density at radius 3 is 2.36 bits per heavy atom. The van der Waals surface area contributed by atoms with E-state index in [0.29, 0.717) is 12.3 Å². The van der Waals surface area contributed by atoms with Crippen LogP contribution in [-0.4, -0.2) is 48.9 Å². The lowest BCUT2D eigenvalue weighted by molar-refractivity contribution is -0.133. The number of aliphatic hydroxyl groups excluding tert-OH is 1. The molecule has 1 aromatic carbocycles. The van der Waals surface area contributed by atoms with Crippen LogP contribution in [0.1, 0.15) is 23.4 Å². The molecule has 0 saturated heterocycles. The first-order chi connectivity index (χ1) is 13.4. The lowest BCUT2D eigenvalue weighted by atomic mass is 9.99. The van der Waals surface area contributed by atoms with Crippen molar-refractivity contribution in [2.75, 3.05) is 20.4 Å². The number of amides is 1. The van der Waals surface area contributed by atoms with Crippen molar-refractivity contribution < 1.29 is 27.8 Å². The maximum atomic E-state index is 13.1. The number of aromatic nitrogens is 1. The van der Waals surface area contributed by atoms with Gasteiger partial charge in [-0.2, -0.15) is 8.78 Å². The molecular formula is C19H22F3N3O3. The Kier molecular flexibility index (Phi) is 7.91. The smallest absolute Gasteiger partial charge is 0.315 e. The lowest BCUT2D eigenvalue weighted by Gasteiger charge is -2.22. The summed E-state index contributed by atoms with van der Waals surface area (Å²) < 4.78 is 42.7. The highest BCUT2D eigenvalue weighted by molar-refractivity contribution is 5.79. The first-order valence-corrected chi connectivity index (χ1v) is 8.50. The van der Waals surface area contributed by atoms with Crippen molar-refractivity contribution in [2.24, 2.45) is 5.73 Å². The number of pyridine rings is 1. The van der Waals surface area contributed by atoms with E-state index < -0.39 is 31.2 Å². The average molecular weight is 397 g/mol. The van der Waals surface area contributed by atoms with E-state index in [-0.39, 0.29) is 11.6 Å². The van der Waals surface area contributed by atoms with E-state index >= 15 is 0 Å². The van der Waals surface area contributed by atoms with E-state index in [1.165, 1.54) is 12.1 Å². The van der Waals surface area contributed by atoms with Gasteiger partial charge in [0.05, 0.1) is 24.4 Å². The summed E-state index contributed by atoms with van der Waals surface area (Å²) in [6.07, 6.45) is -3.10. The van der Waals surface area contributed by atoms with Gasteiger partial charge in [-0.3, -0.25) is 9.78 Å². The predicted octanol–water partition coefficient (Wildman–Crippen LogP) is 2.15. The van der Waals surface area contributed by atoms with Crippen molar-refractivity contribution >= 4 is 5.91 Å². The third-order valence-corrected chi connectivity index (χ3v) is 4.17. The third-order valence-electron chi connectivity index (χ3n) is 4.17. The van der Waals surface area contributed by atoms with Crippen LogP contribution in [0.4, 0.5) is 13.2 Å². The molecule has 0 spiro atoms. The molecule has 0 bridgehead atoms. The van der Waals surface area contributed by atoms with Gasteiger partial charge in [-0.25, -0.2) is 4.39 Å². The SMILES string of the molecule is COCC(N)c1ccc(-c2ccc([C@@H](O)[C@@H](CF)NC(=O)C(F)F)cc2)cn1. The number of rotatable bonds is 9. The Morgan fingerprint density at radius 2 is 1.86 bits per heavy atom. The van der Waals surface area contributed by atoms with Crippen LogP contribution in [0.25, 0.3) is 11.1 Å². The summed E-state index contributed by atoms with van der Waals surface area (Å²) in [6, 6.07) is 8.22. The van der Waals surface area contributed by atoms with E-state index in [1.54, 1.807) is 36.8 Å². The number of ether oxygens (including phenoxy) is 1. The molecule has 1 aromatic heterocycles. The number of methoxy groups -OCH3 is 1. The number of aliphatic hydroxyl groups is 1. The first-order valence-electron chi connectivity index (χ1n) is 8.50. The molecule has 0 fully saturated rings. The molecule has 1 amide bonds. The van der Waals surface area contributed by atoms with E-state index in [4.69, 9.17) is 10.5 Å². The molecule has 3 atom stereocenters. The Balaban J connectivity index is 2.10. The maximum absolute atomic E-state index is 13.1. The monoisotopic (exact) mass is 397 g/mol. The van der Waals surface area contributed by atoms with Crippen LogP contribution in [0.2, 0.25) is 0 Å². The highest BCUT2D eigenvalue weighted by Crippen LogP contribution is 2.24. The van der Waals surface area contributed by atoms with Crippen molar-refractivity contribution in [3.05, 3.63) is 53.9 Å². The Bertz CT molecular complexity index is 757. The van der Waals surface area contributed by atoms with Gasteiger partial charge in [0.15, 0.2) is 0 Å². The maximum Gasteiger partial charge on any atom is 0.315 e. The molecule has 1 unspecified atom stereocenters. The highest BCUT2D eigenvalue weighted by Gasteiger charge is 2.26.